The van der Waals surface area contributed by atoms with E-state index in [9.17, 15) is 0 Å². The van der Waals surface area contributed by atoms with Gasteiger partial charge in [-0.1, -0.05) is 50.6 Å². The van der Waals surface area contributed by atoms with Crippen LogP contribution in [0.25, 0.3) is 0 Å². The standard InChI is InChI=1S/C17H22IN3/c1-3-8-14-16(18)17(19-11-4-2)21-15(20-14)12-13-9-6-5-7-10-13/h5-7,9-10H,3-4,8,11-12H2,1-2H3,(H,19,20,21). The van der Waals surface area contributed by atoms with Crippen molar-refractivity contribution in [1.82, 2.24) is 9.97 Å². The van der Waals surface area contributed by atoms with Gasteiger partial charge in [-0.3, -0.25) is 0 Å². The van der Waals surface area contributed by atoms with Gasteiger partial charge >= 0.3 is 0 Å². The van der Waals surface area contributed by atoms with Gasteiger partial charge < -0.3 is 5.32 Å². The molecule has 0 unspecified atom stereocenters. The van der Waals surface area contributed by atoms with Crippen LogP contribution in [-0.4, -0.2) is 16.5 Å². The smallest absolute Gasteiger partial charge is 0.143 e. The topological polar surface area (TPSA) is 37.8 Å². The summed E-state index contributed by atoms with van der Waals surface area (Å²) in [6, 6.07) is 10.4. The minimum atomic E-state index is 0.787. The van der Waals surface area contributed by atoms with Crippen LogP contribution in [0.3, 0.4) is 0 Å². The molecular weight excluding hydrogens is 373 g/mol. The van der Waals surface area contributed by atoms with Gasteiger partial charge in [-0.25, -0.2) is 9.97 Å². The molecule has 3 nitrogen and oxygen atoms in total. The van der Waals surface area contributed by atoms with Crippen molar-refractivity contribution >= 4 is 28.4 Å². The number of hydrogen-bond donors (Lipinski definition) is 1. The SMILES string of the molecule is CCCNc1nc(Cc2ccccc2)nc(CCC)c1I. The number of aryl methyl sites for hydroxylation is 1. The molecule has 0 bridgehead atoms. The fourth-order valence-electron chi connectivity index (χ4n) is 2.17. The maximum atomic E-state index is 4.77. The first kappa shape index (κ1) is 16.2. The average Bonchev–Trinajstić information content (AvgIpc) is 2.50. The normalized spacial score (nSPS) is 10.6. The maximum Gasteiger partial charge on any atom is 0.143 e. The van der Waals surface area contributed by atoms with E-state index in [-0.39, 0.29) is 0 Å². The lowest BCUT2D eigenvalue weighted by atomic mass is 10.1. The summed E-state index contributed by atoms with van der Waals surface area (Å²) in [5.74, 6) is 1.89. The second-order valence-electron chi connectivity index (χ2n) is 5.09. The molecule has 0 aliphatic rings. The Bertz CT molecular complexity index is 570. The Morgan fingerprint density at radius 1 is 1.05 bits per heavy atom. The molecule has 1 N–H and O–H groups in total. The highest BCUT2D eigenvalue weighted by atomic mass is 127. The number of nitrogens with zero attached hydrogens (tertiary/aromatic N) is 2. The molecule has 2 aromatic rings. The number of aromatic nitrogens is 2. The van der Waals surface area contributed by atoms with Crippen LogP contribution in [0.5, 0.6) is 0 Å². The van der Waals surface area contributed by atoms with Crippen LogP contribution < -0.4 is 5.32 Å². The molecule has 0 aliphatic carbocycles. The second-order valence-corrected chi connectivity index (χ2v) is 6.17. The number of benzene rings is 1. The average molecular weight is 395 g/mol. The van der Waals surface area contributed by atoms with Crippen molar-refractivity contribution in [1.29, 1.82) is 0 Å². The molecule has 1 aromatic heterocycles. The predicted octanol–water partition coefficient (Wildman–Crippen LogP) is 4.45. The van der Waals surface area contributed by atoms with Gasteiger partial charge in [0.15, 0.2) is 0 Å². The molecule has 0 fully saturated rings. The van der Waals surface area contributed by atoms with Crippen molar-refractivity contribution in [2.75, 3.05) is 11.9 Å². The first-order chi connectivity index (χ1) is 10.2. The molecule has 21 heavy (non-hydrogen) atoms. The van der Waals surface area contributed by atoms with E-state index in [2.05, 4.69) is 66.0 Å². The van der Waals surface area contributed by atoms with Crippen molar-refractivity contribution in [2.45, 2.75) is 39.5 Å². The molecule has 0 aliphatic heterocycles. The van der Waals surface area contributed by atoms with E-state index in [1.807, 2.05) is 6.07 Å². The van der Waals surface area contributed by atoms with E-state index in [0.29, 0.717) is 0 Å². The van der Waals surface area contributed by atoms with Gasteiger partial charge in [0.2, 0.25) is 0 Å². The van der Waals surface area contributed by atoms with Crippen molar-refractivity contribution < 1.29 is 0 Å². The highest BCUT2D eigenvalue weighted by Gasteiger charge is 2.11. The quantitative estimate of drug-likeness (QED) is 0.705. The summed E-state index contributed by atoms with van der Waals surface area (Å²) >= 11 is 2.36. The first-order valence-electron chi connectivity index (χ1n) is 7.57. The molecule has 2 rings (SSSR count). The summed E-state index contributed by atoms with van der Waals surface area (Å²) in [5.41, 5.74) is 2.42. The lowest BCUT2D eigenvalue weighted by Gasteiger charge is -2.12. The van der Waals surface area contributed by atoms with E-state index in [1.165, 1.54) is 9.13 Å². The number of hydrogen-bond acceptors (Lipinski definition) is 3. The van der Waals surface area contributed by atoms with Crippen LogP contribution >= 0.6 is 22.6 Å². The lowest BCUT2D eigenvalue weighted by Crippen LogP contribution is -2.11. The van der Waals surface area contributed by atoms with Gasteiger partial charge in [-0.15, -0.1) is 0 Å². The summed E-state index contributed by atoms with van der Waals surface area (Å²) in [4.78, 5) is 9.49. The lowest BCUT2D eigenvalue weighted by molar-refractivity contribution is 0.830. The van der Waals surface area contributed by atoms with Crippen LogP contribution in [0.2, 0.25) is 0 Å². The first-order valence-corrected chi connectivity index (χ1v) is 8.65. The highest BCUT2D eigenvalue weighted by molar-refractivity contribution is 14.1. The molecule has 1 aromatic carbocycles. The zero-order valence-electron chi connectivity index (χ0n) is 12.7. The molecule has 4 heteroatoms. The maximum absolute atomic E-state index is 4.77. The van der Waals surface area contributed by atoms with Crippen LogP contribution in [-0.2, 0) is 12.8 Å². The summed E-state index contributed by atoms with van der Waals surface area (Å²) in [6.07, 6.45) is 3.99. The monoisotopic (exact) mass is 395 g/mol. The van der Waals surface area contributed by atoms with Crippen molar-refractivity contribution in [3.8, 4) is 0 Å². The summed E-state index contributed by atoms with van der Waals surface area (Å²) in [6.45, 7) is 5.30. The highest BCUT2D eigenvalue weighted by Crippen LogP contribution is 2.21. The van der Waals surface area contributed by atoms with Crippen LogP contribution in [0.15, 0.2) is 30.3 Å². The summed E-state index contributed by atoms with van der Waals surface area (Å²) < 4.78 is 1.17. The molecule has 0 amide bonds. The van der Waals surface area contributed by atoms with Gasteiger partial charge in [-0.05, 0) is 41.0 Å². The van der Waals surface area contributed by atoms with E-state index in [4.69, 9.17) is 9.97 Å². The Hall–Kier alpha value is -1.17. The Balaban J connectivity index is 2.29. The van der Waals surface area contributed by atoms with Gasteiger partial charge in [0.25, 0.3) is 0 Å². The van der Waals surface area contributed by atoms with Gasteiger partial charge in [0, 0.05) is 13.0 Å². The Morgan fingerprint density at radius 3 is 2.48 bits per heavy atom. The summed E-state index contributed by atoms with van der Waals surface area (Å²) in [7, 11) is 0. The fourth-order valence-corrected chi connectivity index (χ4v) is 2.87. The third kappa shape index (κ3) is 4.66. The van der Waals surface area contributed by atoms with Gasteiger partial charge in [-0.2, -0.15) is 0 Å². The number of halogens is 1. The van der Waals surface area contributed by atoms with Crippen LogP contribution in [0.4, 0.5) is 5.82 Å². The van der Waals surface area contributed by atoms with E-state index in [0.717, 1.165) is 49.6 Å². The minimum Gasteiger partial charge on any atom is -0.369 e. The molecule has 0 radical (unpaired) electrons. The number of anilines is 1. The zero-order valence-corrected chi connectivity index (χ0v) is 14.9. The third-order valence-electron chi connectivity index (χ3n) is 3.20. The Labute approximate surface area is 140 Å². The van der Waals surface area contributed by atoms with E-state index in [1.54, 1.807) is 0 Å². The minimum absolute atomic E-state index is 0.787. The van der Waals surface area contributed by atoms with Crippen molar-refractivity contribution in [2.24, 2.45) is 0 Å². The molecule has 1 heterocycles. The van der Waals surface area contributed by atoms with Gasteiger partial charge in [0.1, 0.15) is 11.6 Å². The van der Waals surface area contributed by atoms with E-state index >= 15 is 0 Å². The summed E-state index contributed by atoms with van der Waals surface area (Å²) in [5, 5.41) is 3.43. The fraction of sp³-hybridized carbons (Fsp3) is 0.412. The Morgan fingerprint density at radius 2 is 1.81 bits per heavy atom. The molecular formula is C17H22IN3. The van der Waals surface area contributed by atoms with E-state index < -0.39 is 0 Å². The molecule has 112 valence electrons. The zero-order chi connectivity index (χ0) is 15.1. The van der Waals surface area contributed by atoms with Crippen LogP contribution in [0.1, 0.15) is 43.8 Å². The number of nitrogens with one attached hydrogen (secondary N) is 1. The Kier molecular flexibility index (Phi) is 6.42. The molecule has 0 spiro atoms. The molecule has 0 atom stereocenters. The molecule has 0 saturated carbocycles. The van der Waals surface area contributed by atoms with Crippen molar-refractivity contribution in [3.05, 3.63) is 51.0 Å². The van der Waals surface area contributed by atoms with Crippen molar-refractivity contribution in [3.63, 3.8) is 0 Å². The van der Waals surface area contributed by atoms with Crippen LogP contribution in [0, 0.1) is 3.57 Å². The third-order valence-corrected chi connectivity index (χ3v) is 4.33. The van der Waals surface area contributed by atoms with Gasteiger partial charge in [0.05, 0.1) is 9.26 Å². The second kappa shape index (κ2) is 8.32. The molecule has 0 saturated heterocycles. The predicted molar refractivity (Wildman–Crippen MR) is 96.8 cm³/mol. The largest absolute Gasteiger partial charge is 0.369 e. The number of rotatable bonds is 7.